The highest BCUT2D eigenvalue weighted by molar-refractivity contribution is 6.32. The quantitative estimate of drug-likeness (QED) is 0.825. The van der Waals surface area contributed by atoms with Crippen LogP contribution < -0.4 is 14.8 Å². The van der Waals surface area contributed by atoms with Crippen LogP contribution in [-0.2, 0) is 6.54 Å². The molecule has 0 heterocycles. The molecule has 1 aromatic rings. The van der Waals surface area contributed by atoms with Crippen LogP contribution in [0.1, 0.15) is 33.3 Å². The van der Waals surface area contributed by atoms with E-state index in [1.165, 1.54) is 0 Å². The SMILES string of the molecule is COc1cc(CNCC(C)C)cc(Cl)c1OC(C)C. The van der Waals surface area contributed by atoms with Crippen LogP contribution in [0.5, 0.6) is 11.5 Å². The first-order chi connectivity index (χ1) is 8.93. The zero-order valence-electron chi connectivity index (χ0n) is 12.4. The molecular formula is C15H24ClNO2. The van der Waals surface area contributed by atoms with Crippen molar-refractivity contribution in [1.82, 2.24) is 5.32 Å². The summed E-state index contributed by atoms with van der Waals surface area (Å²) in [6, 6.07) is 3.89. The molecule has 0 atom stereocenters. The van der Waals surface area contributed by atoms with Crippen molar-refractivity contribution in [3.8, 4) is 11.5 Å². The first-order valence-electron chi connectivity index (χ1n) is 6.67. The maximum atomic E-state index is 6.27. The second-order valence-electron chi connectivity index (χ2n) is 5.30. The minimum absolute atomic E-state index is 0.0660. The fourth-order valence-corrected chi connectivity index (χ4v) is 2.01. The van der Waals surface area contributed by atoms with E-state index in [1.54, 1.807) is 7.11 Å². The summed E-state index contributed by atoms with van der Waals surface area (Å²) in [7, 11) is 1.63. The molecule has 0 bridgehead atoms. The number of halogens is 1. The number of methoxy groups -OCH3 is 1. The molecule has 0 aliphatic rings. The smallest absolute Gasteiger partial charge is 0.180 e. The summed E-state index contributed by atoms with van der Waals surface area (Å²) < 4.78 is 11.0. The largest absolute Gasteiger partial charge is 0.493 e. The molecule has 0 fully saturated rings. The van der Waals surface area contributed by atoms with Crippen molar-refractivity contribution in [1.29, 1.82) is 0 Å². The zero-order valence-corrected chi connectivity index (χ0v) is 13.2. The fraction of sp³-hybridized carbons (Fsp3) is 0.600. The monoisotopic (exact) mass is 285 g/mol. The van der Waals surface area contributed by atoms with Gasteiger partial charge in [0.1, 0.15) is 0 Å². The Morgan fingerprint density at radius 2 is 1.89 bits per heavy atom. The first kappa shape index (κ1) is 16.1. The average molecular weight is 286 g/mol. The second kappa shape index (κ2) is 7.61. The Bertz CT molecular complexity index is 405. The number of benzene rings is 1. The van der Waals surface area contributed by atoms with Gasteiger partial charge in [-0.1, -0.05) is 25.4 Å². The lowest BCUT2D eigenvalue weighted by molar-refractivity contribution is 0.230. The molecule has 0 unspecified atom stereocenters. The molecule has 0 aliphatic carbocycles. The van der Waals surface area contributed by atoms with Crippen molar-refractivity contribution in [2.45, 2.75) is 40.3 Å². The molecule has 1 aromatic carbocycles. The Hall–Kier alpha value is -0.930. The van der Waals surface area contributed by atoms with Gasteiger partial charge in [0.05, 0.1) is 18.2 Å². The molecule has 19 heavy (non-hydrogen) atoms. The van der Waals surface area contributed by atoms with Gasteiger partial charge in [0.15, 0.2) is 11.5 Å². The molecule has 1 rings (SSSR count). The van der Waals surface area contributed by atoms with Crippen LogP contribution in [0.25, 0.3) is 0 Å². The van der Waals surface area contributed by atoms with Crippen LogP contribution in [0.3, 0.4) is 0 Å². The van der Waals surface area contributed by atoms with Gasteiger partial charge in [-0.3, -0.25) is 0 Å². The third-order valence-corrected chi connectivity index (χ3v) is 2.81. The van der Waals surface area contributed by atoms with Gasteiger partial charge < -0.3 is 14.8 Å². The van der Waals surface area contributed by atoms with Crippen LogP contribution in [0.2, 0.25) is 5.02 Å². The standard InChI is InChI=1S/C15H24ClNO2/c1-10(2)8-17-9-12-6-13(16)15(19-11(3)4)14(7-12)18-5/h6-7,10-11,17H,8-9H2,1-5H3. The maximum absolute atomic E-state index is 6.27. The summed E-state index contributed by atoms with van der Waals surface area (Å²) in [5, 5.41) is 3.98. The molecule has 0 saturated heterocycles. The Kier molecular flexibility index (Phi) is 6.46. The average Bonchev–Trinajstić information content (AvgIpc) is 2.31. The zero-order chi connectivity index (χ0) is 14.4. The van der Waals surface area contributed by atoms with E-state index in [1.807, 2.05) is 26.0 Å². The normalized spacial score (nSPS) is 11.2. The predicted molar refractivity (Wildman–Crippen MR) is 80.3 cm³/mol. The molecule has 0 amide bonds. The topological polar surface area (TPSA) is 30.5 Å². The van der Waals surface area contributed by atoms with Crippen LogP contribution in [0, 0.1) is 5.92 Å². The van der Waals surface area contributed by atoms with E-state index in [0.717, 1.165) is 18.7 Å². The maximum Gasteiger partial charge on any atom is 0.180 e. The van der Waals surface area contributed by atoms with Gasteiger partial charge in [0, 0.05) is 6.54 Å². The van der Waals surface area contributed by atoms with E-state index in [0.29, 0.717) is 22.4 Å². The Morgan fingerprint density at radius 3 is 2.42 bits per heavy atom. The summed E-state index contributed by atoms with van der Waals surface area (Å²) in [5.74, 6) is 1.93. The third-order valence-electron chi connectivity index (χ3n) is 2.52. The van der Waals surface area contributed by atoms with Crippen LogP contribution in [0.4, 0.5) is 0 Å². The molecule has 108 valence electrons. The number of hydrogen-bond donors (Lipinski definition) is 1. The van der Waals surface area contributed by atoms with E-state index < -0.39 is 0 Å². The summed E-state index contributed by atoms with van der Waals surface area (Å²) in [6.45, 7) is 10.0. The van der Waals surface area contributed by atoms with Crippen molar-refractivity contribution in [2.24, 2.45) is 5.92 Å². The number of ether oxygens (including phenoxy) is 2. The molecule has 4 heteroatoms. The van der Waals surface area contributed by atoms with Crippen LogP contribution >= 0.6 is 11.6 Å². The van der Waals surface area contributed by atoms with Gasteiger partial charge in [-0.2, -0.15) is 0 Å². The van der Waals surface area contributed by atoms with E-state index in [4.69, 9.17) is 21.1 Å². The predicted octanol–water partition coefficient (Wildman–Crippen LogP) is 3.88. The molecular weight excluding hydrogens is 262 g/mol. The van der Waals surface area contributed by atoms with E-state index in [-0.39, 0.29) is 6.10 Å². The van der Waals surface area contributed by atoms with Gasteiger partial charge in [-0.25, -0.2) is 0 Å². The molecule has 0 spiro atoms. The molecule has 0 aliphatic heterocycles. The molecule has 3 nitrogen and oxygen atoms in total. The number of hydrogen-bond acceptors (Lipinski definition) is 3. The molecule has 0 aromatic heterocycles. The Balaban J connectivity index is 2.83. The van der Waals surface area contributed by atoms with Gasteiger partial charge in [-0.15, -0.1) is 0 Å². The third kappa shape index (κ3) is 5.29. The summed E-state index contributed by atoms with van der Waals surface area (Å²) in [4.78, 5) is 0. The molecule has 0 saturated carbocycles. The lowest BCUT2D eigenvalue weighted by atomic mass is 10.1. The van der Waals surface area contributed by atoms with Gasteiger partial charge in [0.2, 0.25) is 0 Å². The highest BCUT2D eigenvalue weighted by Crippen LogP contribution is 2.37. The minimum Gasteiger partial charge on any atom is -0.493 e. The second-order valence-corrected chi connectivity index (χ2v) is 5.71. The first-order valence-corrected chi connectivity index (χ1v) is 7.05. The highest BCUT2D eigenvalue weighted by atomic mass is 35.5. The fourth-order valence-electron chi connectivity index (χ4n) is 1.73. The summed E-state index contributed by atoms with van der Waals surface area (Å²) in [5.41, 5.74) is 1.10. The lowest BCUT2D eigenvalue weighted by Gasteiger charge is -2.16. The molecule has 0 radical (unpaired) electrons. The van der Waals surface area contributed by atoms with Gasteiger partial charge >= 0.3 is 0 Å². The summed E-state index contributed by atoms with van der Waals surface area (Å²) >= 11 is 6.27. The Labute approximate surface area is 121 Å². The van der Waals surface area contributed by atoms with E-state index in [2.05, 4.69) is 19.2 Å². The highest BCUT2D eigenvalue weighted by Gasteiger charge is 2.13. The number of rotatable bonds is 7. The van der Waals surface area contributed by atoms with Crippen LogP contribution in [-0.4, -0.2) is 19.8 Å². The van der Waals surface area contributed by atoms with Crippen molar-refractivity contribution in [2.75, 3.05) is 13.7 Å². The van der Waals surface area contributed by atoms with Crippen molar-refractivity contribution in [3.05, 3.63) is 22.7 Å². The van der Waals surface area contributed by atoms with Gasteiger partial charge in [0.25, 0.3) is 0 Å². The summed E-state index contributed by atoms with van der Waals surface area (Å²) in [6.07, 6.45) is 0.0660. The van der Waals surface area contributed by atoms with Crippen molar-refractivity contribution < 1.29 is 9.47 Å². The van der Waals surface area contributed by atoms with E-state index >= 15 is 0 Å². The van der Waals surface area contributed by atoms with E-state index in [9.17, 15) is 0 Å². The molecule has 1 N–H and O–H groups in total. The number of nitrogens with one attached hydrogen (secondary N) is 1. The minimum atomic E-state index is 0.0660. The van der Waals surface area contributed by atoms with Gasteiger partial charge in [-0.05, 0) is 44.0 Å². The Morgan fingerprint density at radius 1 is 1.21 bits per heavy atom. The van der Waals surface area contributed by atoms with Crippen molar-refractivity contribution >= 4 is 11.6 Å². The van der Waals surface area contributed by atoms with Crippen molar-refractivity contribution in [3.63, 3.8) is 0 Å². The van der Waals surface area contributed by atoms with Crippen LogP contribution in [0.15, 0.2) is 12.1 Å². The lowest BCUT2D eigenvalue weighted by Crippen LogP contribution is -2.19.